The number of phenolic OH excluding ortho intramolecular Hbond substituents is 1. The van der Waals surface area contributed by atoms with Crippen LogP contribution in [0.2, 0.25) is 0 Å². The maximum atomic E-state index is 12.7. The summed E-state index contributed by atoms with van der Waals surface area (Å²) < 4.78 is 12.2. The molecule has 0 bridgehead atoms. The maximum Gasteiger partial charge on any atom is 0.248 e. The zero-order valence-corrected chi connectivity index (χ0v) is 30.2. The van der Waals surface area contributed by atoms with Crippen molar-refractivity contribution in [3.63, 3.8) is 0 Å². The third-order valence-electron chi connectivity index (χ3n) is 10.1. The molecule has 0 aliphatic carbocycles. The molecular formula is C39H51N7O6. The van der Waals surface area contributed by atoms with Crippen LogP contribution in [-0.2, 0) is 27.2 Å². The molecule has 2 aromatic carbocycles. The lowest BCUT2D eigenvalue weighted by atomic mass is 9.89. The topological polar surface area (TPSA) is 156 Å². The molecule has 2 aliphatic rings. The van der Waals surface area contributed by atoms with Crippen molar-refractivity contribution in [1.82, 2.24) is 30.1 Å². The molecule has 52 heavy (non-hydrogen) atoms. The molecule has 2 fully saturated rings. The van der Waals surface area contributed by atoms with E-state index in [0.717, 1.165) is 63.6 Å². The number of H-pyrrole nitrogens is 1. The number of fused-ring (bicyclic) bond motifs is 1. The van der Waals surface area contributed by atoms with Gasteiger partial charge in [0.05, 0.1) is 50.0 Å². The first-order chi connectivity index (χ1) is 25.2. The minimum atomic E-state index is -0.856. The van der Waals surface area contributed by atoms with Gasteiger partial charge in [0.2, 0.25) is 17.4 Å². The van der Waals surface area contributed by atoms with Crippen molar-refractivity contribution in [3.8, 4) is 5.75 Å². The molecule has 2 aliphatic heterocycles. The smallest absolute Gasteiger partial charge is 0.248 e. The number of carbonyl (C=O) groups excluding carboxylic acids is 1. The second kappa shape index (κ2) is 17.4. The number of aliphatic hydroxyl groups is 1. The number of aryl methyl sites for hydroxylation is 1. The van der Waals surface area contributed by atoms with Gasteiger partial charge >= 0.3 is 0 Å². The van der Waals surface area contributed by atoms with E-state index >= 15 is 0 Å². The average Bonchev–Trinajstić information content (AvgIpc) is 3.14. The molecule has 278 valence electrons. The minimum Gasteiger partial charge on any atom is -0.506 e. The Morgan fingerprint density at radius 1 is 1.12 bits per heavy atom. The molecule has 0 radical (unpaired) electrons. The summed E-state index contributed by atoms with van der Waals surface area (Å²) in [6, 6.07) is 16.7. The predicted molar refractivity (Wildman–Crippen MR) is 199 cm³/mol. The molecule has 1 atom stereocenters. The number of aromatic amines is 1. The Morgan fingerprint density at radius 3 is 2.77 bits per heavy atom. The normalized spacial score (nSPS) is 16.7. The number of nitrogens with zero attached hydrogens (tertiary/aromatic N) is 5. The van der Waals surface area contributed by atoms with Crippen molar-refractivity contribution < 1.29 is 24.5 Å². The summed E-state index contributed by atoms with van der Waals surface area (Å²) in [5.41, 5.74) is 3.91. The van der Waals surface area contributed by atoms with Gasteiger partial charge in [-0.25, -0.2) is 9.97 Å². The highest BCUT2D eigenvalue weighted by atomic mass is 16.5. The van der Waals surface area contributed by atoms with Crippen LogP contribution in [0.1, 0.15) is 47.8 Å². The van der Waals surface area contributed by atoms with E-state index in [0.29, 0.717) is 55.8 Å². The summed E-state index contributed by atoms with van der Waals surface area (Å²) in [5.74, 6) is 0.744. The number of hydrogen-bond donors (Lipinski definition) is 4. The molecule has 2 saturated heterocycles. The SMILES string of the molecule is Cc1ccnc(N2CCOC3(CCN(Cc4cccc(CCOCCC(=O)N(C)CCNC[C@H](O)c5ccc(O)c6[nH]c(=O)ccc56)c4)CC3)C2)n1. The number of hydrogen-bond acceptors (Lipinski definition) is 11. The number of carbonyl (C=O) groups is 1. The summed E-state index contributed by atoms with van der Waals surface area (Å²) in [5, 5.41) is 24.6. The Morgan fingerprint density at radius 2 is 1.94 bits per heavy atom. The first kappa shape index (κ1) is 37.4. The molecule has 13 heteroatoms. The minimum absolute atomic E-state index is 0.00373. The number of likely N-dealkylation sites (N-methyl/N-ethyl adjacent to an activating group) is 1. The van der Waals surface area contributed by atoms with Crippen LogP contribution in [0, 0.1) is 6.92 Å². The van der Waals surface area contributed by atoms with Crippen LogP contribution in [0.25, 0.3) is 10.9 Å². The Kier molecular flexibility index (Phi) is 12.5. The van der Waals surface area contributed by atoms with Crippen molar-refractivity contribution >= 4 is 22.8 Å². The van der Waals surface area contributed by atoms with E-state index in [1.807, 2.05) is 19.2 Å². The maximum absolute atomic E-state index is 12.7. The number of morpholine rings is 1. The third-order valence-corrected chi connectivity index (χ3v) is 10.1. The number of phenols is 1. The number of aliphatic hydroxyl groups excluding tert-OH is 1. The standard InChI is InChI=1S/C39H51N7O6/c1-28-10-15-41-38(42-28)46-20-23-52-39(27-46)13-17-45(18-14-39)26-30-5-3-4-29(24-30)11-21-51-22-12-36(50)44(2)19-16-40-25-34(48)31-6-8-33(47)37-32(31)7-9-35(49)43-37/h3-10,15,24,34,40,47-48H,11-14,16-23,25-27H2,1-2H3,(H,43,49)/t34-/m0/s1. The van der Waals surface area contributed by atoms with Crippen LogP contribution in [-0.4, -0.2) is 119 Å². The number of piperidine rings is 1. The molecule has 1 amide bonds. The van der Waals surface area contributed by atoms with Gasteiger partial charge in [0, 0.05) is 76.2 Å². The summed E-state index contributed by atoms with van der Waals surface area (Å²) in [6.45, 7) is 9.35. The Hall–Kier alpha value is -4.40. The zero-order valence-electron chi connectivity index (χ0n) is 30.2. The summed E-state index contributed by atoms with van der Waals surface area (Å²) in [4.78, 5) is 42.5. The molecule has 4 heterocycles. The van der Waals surface area contributed by atoms with Gasteiger partial charge in [-0.15, -0.1) is 0 Å². The lowest BCUT2D eigenvalue weighted by Crippen LogP contribution is -2.57. The van der Waals surface area contributed by atoms with Crippen LogP contribution in [0.3, 0.4) is 0 Å². The van der Waals surface area contributed by atoms with E-state index < -0.39 is 6.10 Å². The number of pyridine rings is 1. The van der Waals surface area contributed by atoms with Crippen molar-refractivity contribution in [3.05, 3.63) is 93.5 Å². The fourth-order valence-corrected chi connectivity index (χ4v) is 7.08. The quantitative estimate of drug-likeness (QED) is 0.134. The second-order valence-electron chi connectivity index (χ2n) is 14.0. The summed E-state index contributed by atoms with van der Waals surface area (Å²) in [6.07, 6.45) is 4.03. The third kappa shape index (κ3) is 9.72. The molecule has 13 nitrogen and oxygen atoms in total. The van der Waals surface area contributed by atoms with Gasteiger partial charge in [-0.3, -0.25) is 14.5 Å². The first-order valence-corrected chi connectivity index (χ1v) is 18.2. The van der Waals surface area contributed by atoms with E-state index in [9.17, 15) is 19.8 Å². The summed E-state index contributed by atoms with van der Waals surface area (Å²) in [7, 11) is 1.76. The Bertz CT molecular complexity index is 1860. The van der Waals surface area contributed by atoms with Gasteiger partial charge < -0.3 is 39.8 Å². The van der Waals surface area contributed by atoms with Gasteiger partial charge in [-0.1, -0.05) is 30.3 Å². The number of anilines is 1. The number of likely N-dealkylation sites (tertiary alicyclic amines) is 1. The number of ether oxygens (including phenoxy) is 2. The number of aromatic nitrogens is 3. The zero-order chi connectivity index (χ0) is 36.5. The van der Waals surface area contributed by atoms with Gasteiger partial charge in [-0.2, -0.15) is 0 Å². The van der Waals surface area contributed by atoms with Gasteiger partial charge in [0.25, 0.3) is 0 Å². The number of benzene rings is 2. The number of amides is 1. The second-order valence-corrected chi connectivity index (χ2v) is 14.0. The first-order valence-electron chi connectivity index (χ1n) is 18.2. The predicted octanol–water partition coefficient (Wildman–Crippen LogP) is 2.93. The van der Waals surface area contributed by atoms with Crippen LogP contribution in [0.4, 0.5) is 5.95 Å². The summed E-state index contributed by atoms with van der Waals surface area (Å²) >= 11 is 0. The van der Waals surface area contributed by atoms with E-state index in [4.69, 9.17) is 9.47 Å². The van der Waals surface area contributed by atoms with Gasteiger partial charge in [-0.05, 0) is 61.1 Å². The fourth-order valence-electron chi connectivity index (χ4n) is 7.08. The molecular weight excluding hydrogens is 662 g/mol. The molecule has 2 aromatic heterocycles. The fraction of sp³-hybridized carbons (Fsp3) is 0.487. The van der Waals surface area contributed by atoms with E-state index in [-0.39, 0.29) is 29.4 Å². The lowest BCUT2D eigenvalue weighted by Gasteiger charge is -2.47. The highest BCUT2D eigenvalue weighted by Gasteiger charge is 2.40. The van der Waals surface area contributed by atoms with E-state index in [2.05, 4.69) is 54.3 Å². The van der Waals surface area contributed by atoms with Crippen LogP contribution in [0.5, 0.6) is 5.75 Å². The molecule has 4 N–H and O–H groups in total. The van der Waals surface area contributed by atoms with Crippen LogP contribution < -0.4 is 15.8 Å². The Labute approximate surface area is 304 Å². The molecule has 0 unspecified atom stereocenters. The van der Waals surface area contributed by atoms with Gasteiger partial charge in [0.1, 0.15) is 5.75 Å². The van der Waals surface area contributed by atoms with Crippen LogP contribution in [0.15, 0.2) is 65.6 Å². The van der Waals surface area contributed by atoms with Crippen molar-refractivity contribution in [2.45, 2.75) is 50.9 Å². The monoisotopic (exact) mass is 713 g/mol. The number of aromatic hydroxyl groups is 1. The van der Waals surface area contributed by atoms with E-state index in [1.165, 1.54) is 23.3 Å². The highest BCUT2D eigenvalue weighted by Crippen LogP contribution is 2.32. The van der Waals surface area contributed by atoms with Crippen LogP contribution >= 0.6 is 0 Å². The highest BCUT2D eigenvalue weighted by molar-refractivity contribution is 5.87. The Balaban J connectivity index is 0.852. The number of rotatable bonds is 15. The van der Waals surface area contributed by atoms with Gasteiger partial charge in [0.15, 0.2) is 0 Å². The molecule has 6 rings (SSSR count). The average molecular weight is 714 g/mol. The number of nitrogens with one attached hydrogen (secondary N) is 2. The van der Waals surface area contributed by atoms with E-state index in [1.54, 1.807) is 24.1 Å². The van der Waals surface area contributed by atoms with Crippen molar-refractivity contribution in [2.75, 3.05) is 77.6 Å². The molecule has 1 spiro atoms. The van der Waals surface area contributed by atoms with Crippen molar-refractivity contribution in [1.29, 1.82) is 0 Å². The largest absolute Gasteiger partial charge is 0.506 e. The molecule has 4 aromatic rings. The van der Waals surface area contributed by atoms with Crippen molar-refractivity contribution in [2.24, 2.45) is 0 Å². The molecule has 0 saturated carbocycles. The lowest BCUT2D eigenvalue weighted by molar-refractivity contribution is -0.131.